The van der Waals surface area contributed by atoms with Crippen LogP contribution in [0.25, 0.3) is 0 Å². The van der Waals surface area contributed by atoms with Crippen molar-refractivity contribution in [1.82, 2.24) is 9.97 Å². The minimum atomic E-state index is -0.463. The molecule has 0 bridgehead atoms. The number of hydrogen-bond donors (Lipinski definition) is 1. The van der Waals surface area contributed by atoms with Gasteiger partial charge in [0.2, 0.25) is 0 Å². The van der Waals surface area contributed by atoms with E-state index in [0.29, 0.717) is 18.0 Å². The van der Waals surface area contributed by atoms with Crippen molar-refractivity contribution in [2.45, 2.75) is 6.54 Å². The average molecular weight is 260 g/mol. The fraction of sp³-hybridized carbons (Fsp3) is 0.167. The number of anilines is 1. The highest BCUT2D eigenvalue weighted by molar-refractivity contribution is 5.60. The van der Waals surface area contributed by atoms with Gasteiger partial charge in [0.15, 0.2) is 0 Å². The summed E-state index contributed by atoms with van der Waals surface area (Å²) in [6.45, 7) is 0.460. The van der Waals surface area contributed by atoms with E-state index >= 15 is 0 Å². The van der Waals surface area contributed by atoms with Crippen LogP contribution < -0.4 is 10.1 Å². The Morgan fingerprint density at radius 3 is 2.89 bits per heavy atom. The number of aromatic nitrogens is 2. The number of non-ortho nitro benzene ring substituents is 1. The summed E-state index contributed by atoms with van der Waals surface area (Å²) in [6, 6.07) is 4.40. The van der Waals surface area contributed by atoms with Crippen LogP contribution >= 0.6 is 0 Å². The minimum absolute atomic E-state index is 0.0121. The van der Waals surface area contributed by atoms with Crippen molar-refractivity contribution < 1.29 is 9.66 Å². The quantitative estimate of drug-likeness (QED) is 0.653. The number of ether oxygens (including phenoxy) is 1. The zero-order valence-corrected chi connectivity index (χ0v) is 10.2. The van der Waals surface area contributed by atoms with Gasteiger partial charge >= 0.3 is 0 Å². The third-order valence-corrected chi connectivity index (χ3v) is 2.47. The highest BCUT2D eigenvalue weighted by Gasteiger charge is 2.11. The van der Waals surface area contributed by atoms with Gasteiger partial charge in [0, 0.05) is 18.5 Å². The Morgan fingerprint density at radius 1 is 1.42 bits per heavy atom. The van der Waals surface area contributed by atoms with E-state index in [0.717, 1.165) is 5.69 Å². The number of nitro groups is 1. The topological polar surface area (TPSA) is 90.2 Å². The largest absolute Gasteiger partial charge is 0.494 e. The summed E-state index contributed by atoms with van der Waals surface area (Å²) in [5, 5.41) is 13.8. The molecule has 1 heterocycles. The molecule has 1 aromatic heterocycles. The van der Waals surface area contributed by atoms with Crippen molar-refractivity contribution >= 4 is 11.4 Å². The van der Waals surface area contributed by atoms with Crippen LogP contribution in [0.2, 0.25) is 0 Å². The first kappa shape index (κ1) is 12.7. The molecule has 0 aliphatic rings. The zero-order valence-electron chi connectivity index (χ0n) is 10.2. The lowest BCUT2D eigenvalue weighted by atomic mass is 10.2. The summed E-state index contributed by atoms with van der Waals surface area (Å²) in [5.41, 5.74) is 1.42. The summed E-state index contributed by atoms with van der Waals surface area (Å²) in [4.78, 5) is 18.3. The monoisotopic (exact) mass is 260 g/mol. The van der Waals surface area contributed by atoms with Gasteiger partial charge in [-0.1, -0.05) is 0 Å². The molecule has 0 unspecified atom stereocenters. The van der Waals surface area contributed by atoms with Crippen LogP contribution in [0.1, 0.15) is 5.69 Å². The molecule has 7 heteroatoms. The molecule has 2 rings (SSSR count). The molecule has 0 aliphatic carbocycles. The van der Waals surface area contributed by atoms with Gasteiger partial charge in [-0.15, -0.1) is 0 Å². The SMILES string of the molecule is COc1cc([N+](=O)[O-])ccc1NCc1cnccn1. The van der Waals surface area contributed by atoms with E-state index in [1.165, 1.54) is 19.2 Å². The fourth-order valence-corrected chi connectivity index (χ4v) is 1.55. The molecule has 0 amide bonds. The van der Waals surface area contributed by atoms with E-state index in [-0.39, 0.29) is 5.69 Å². The van der Waals surface area contributed by atoms with Gasteiger partial charge in [-0.2, -0.15) is 0 Å². The van der Waals surface area contributed by atoms with Crippen molar-refractivity contribution in [1.29, 1.82) is 0 Å². The number of nitrogens with zero attached hydrogens (tertiary/aromatic N) is 3. The maximum Gasteiger partial charge on any atom is 0.273 e. The Hall–Kier alpha value is -2.70. The van der Waals surface area contributed by atoms with E-state index in [1.54, 1.807) is 24.7 Å². The molecule has 0 fully saturated rings. The second-order valence-electron chi connectivity index (χ2n) is 3.69. The van der Waals surface area contributed by atoms with Crippen LogP contribution in [0.15, 0.2) is 36.8 Å². The molecule has 7 nitrogen and oxygen atoms in total. The molecule has 19 heavy (non-hydrogen) atoms. The summed E-state index contributed by atoms with van der Waals surface area (Å²) >= 11 is 0. The maximum atomic E-state index is 10.7. The second-order valence-corrected chi connectivity index (χ2v) is 3.69. The number of hydrogen-bond acceptors (Lipinski definition) is 6. The molecule has 0 radical (unpaired) electrons. The molecule has 0 atom stereocenters. The smallest absolute Gasteiger partial charge is 0.273 e. The fourth-order valence-electron chi connectivity index (χ4n) is 1.55. The van der Waals surface area contributed by atoms with E-state index in [4.69, 9.17) is 4.74 Å². The van der Waals surface area contributed by atoms with Crippen LogP contribution in [0.5, 0.6) is 5.75 Å². The van der Waals surface area contributed by atoms with E-state index in [1.807, 2.05) is 0 Å². The first-order chi connectivity index (χ1) is 9.20. The molecular weight excluding hydrogens is 248 g/mol. The molecule has 98 valence electrons. The molecule has 0 spiro atoms. The predicted molar refractivity (Wildman–Crippen MR) is 69.0 cm³/mol. The summed E-state index contributed by atoms with van der Waals surface area (Å²) in [7, 11) is 1.46. The average Bonchev–Trinajstić information content (AvgIpc) is 2.45. The summed E-state index contributed by atoms with van der Waals surface area (Å²) in [5.74, 6) is 0.415. The molecule has 0 saturated carbocycles. The first-order valence-corrected chi connectivity index (χ1v) is 5.52. The van der Waals surface area contributed by atoms with Crippen molar-refractivity contribution in [3.05, 3.63) is 52.6 Å². The van der Waals surface area contributed by atoms with Crippen LogP contribution in [0.3, 0.4) is 0 Å². The highest BCUT2D eigenvalue weighted by Crippen LogP contribution is 2.29. The number of nitrogens with one attached hydrogen (secondary N) is 1. The number of rotatable bonds is 5. The van der Waals surface area contributed by atoms with Crippen molar-refractivity contribution in [3.63, 3.8) is 0 Å². The number of nitro benzene ring substituents is 1. The molecule has 2 aromatic rings. The predicted octanol–water partition coefficient (Wildman–Crippen LogP) is 2.01. The van der Waals surface area contributed by atoms with Crippen LogP contribution in [-0.4, -0.2) is 22.0 Å². The lowest BCUT2D eigenvalue weighted by molar-refractivity contribution is -0.384. The summed E-state index contributed by atoms with van der Waals surface area (Å²) < 4.78 is 5.12. The zero-order chi connectivity index (χ0) is 13.7. The summed E-state index contributed by atoms with van der Waals surface area (Å²) in [6.07, 6.45) is 4.84. The third-order valence-electron chi connectivity index (χ3n) is 2.47. The van der Waals surface area contributed by atoms with Crippen molar-refractivity contribution in [2.75, 3.05) is 12.4 Å². The van der Waals surface area contributed by atoms with Gasteiger partial charge in [-0.3, -0.25) is 20.1 Å². The maximum absolute atomic E-state index is 10.7. The van der Waals surface area contributed by atoms with Gasteiger partial charge in [-0.05, 0) is 6.07 Å². The Kier molecular flexibility index (Phi) is 3.87. The lowest BCUT2D eigenvalue weighted by Crippen LogP contribution is -2.03. The third kappa shape index (κ3) is 3.15. The Morgan fingerprint density at radius 2 is 2.26 bits per heavy atom. The van der Waals surface area contributed by atoms with Crippen molar-refractivity contribution in [3.8, 4) is 5.75 Å². The molecule has 1 aromatic carbocycles. The first-order valence-electron chi connectivity index (χ1n) is 5.52. The van der Waals surface area contributed by atoms with E-state index < -0.39 is 4.92 Å². The van der Waals surface area contributed by atoms with Gasteiger partial charge in [0.1, 0.15) is 5.75 Å². The highest BCUT2D eigenvalue weighted by atomic mass is 16.6. The van der Waals surface area contributed by atoms with Crippen LogP contribution in [0, 0.1) is 10.1 Å². The lowest BCUT2D eigenvalue weighted by Gasteiger charge is -2.10. The Labute approximate surface area is 109 Å². The van der Waals surface area contributed by atoms with E-state index in [2.05, 4.69) is 15.3 Å². The normalized spacial score (nSPS) is 9.95. The van der Waals surface area contributed by atoms with Gasteiger partial charge in [-0.25, -0.2) is 0 Å². The second kappa shape index (κ2) is 5.76. The van der Waals surface area contributed by atoms with Crippen LogP contribution in [-0.2, 0) is 6.54 Å². The number of methoxy groups -OCH3 is 1. The minimum Gasteiger partial charge on any atom is -0.494 e. The Balaban J connectivity index is 2.14. The van der Waals surface area contributed by atoms with Crippen LogP contribution in [0.4, 0.5) is 11.4 Å². The molecule has 0 aliphatic heterocycles. The molecular formula is C12H12N4O3. The van der Waals surface area contributed by atoms with E-state index in [9.17, 15) is 10.1 Å². The van der Waals surface area contributed by atoms with Gasteiger partial charge in [0.25, 0.3) is 5.69 Å². The van der Waals surface area contributed by atoms with Gasteiger partial charge < -0.3 is 10.1 Å². The number of benzene rings is 1. The molecule has 0 saturated heterocycles. The van der Waals surface area contributed by atoms with Crippen molar-refractivity contribution in [2.24, 2.45) is 0 Å². The Bertz CT molecular complexity index is 574. The standard InChI is InChI=1S/C12H12N4O3/c1-19-12-6-10(16(17)18)2-3-11(12)15-8-9-7-13-4-5-14-9/h2-7,15H,8H2,1H3. The van der Waals surface area contributed by atoms with Gasteiger partial charge in [0.05, 0.1) is 42.2 Å². The molecule has 1 N–H and O–H groups in total.